The van der Waals surface area contributed by atoms with E-state index in [1.165, 1.54) is 6.42 Å². The molecule has 1 aliphatic heterocycles. The van der Waals surface area contributed by atoms with Gasteiger partial charge in [-0.2, -0.15) is 0 Å². The summed E-state index contributed by atoms with van der Waals surface area (Å²) in [5.41, 5.74) is 3.45. The van der Waals surface area contributed by atoms with Crippen LogP contribution in [-0.2, 0) is 43.5 Å². The molecule has 0 bridgehead atoms. The maximum Gasteiger partial charge on any atom is 0.168 e. The van der Waals surface area contributed by atoms with Crippen LogP contribution in [0.4, 0.5) is 0 Å². The highest BCUT2D eigenvalue weighted by atomic mass is 16.7. The van der Waals surface area contributed by atoms with Gasteiger partial charge < -0.3 is 23.7 Å². The van der Waals surface area contributed by atoms with E-state index in [1.54, 1.807) is 0 Å². The highest BCUT2D eigenvalue weighted by Crippen LogP contribution is 2.45. The van der Waals surface area contributed by atoms with E-state index in [1.807, 2.05) is 18.2 Å². The molecule has 2 aliphatic carbocycles. The third-order valence-electron chi connectivity index (χ3n) is 8.46. The number of hydrogen-bond acceptors (Lipinski definition) is 5. The highest BCUT2D eigenvalue weighted by Gasteiger charge is 2.53. The van der Waals surface area contributed by atoms with E-state index in [4.69, 9.17) is 23.7 Å². The quantitative estimate of drug-likeness (QED) is 0.288. The van der Waals surface area contributed by atoms with Crippen molar-refractivity contribution >= 4 is 0 Å². The maximum absolute atomic E-state index is 6.76. The predicted octanol–water partition coefficient (Wildman–Crippen LogP) is 6.84. The molecule has 1 spiro atoms. The number of hydrogen-bond donors (Lipinski definition) is 0. The fraction of sp³-hybridized carbons (Fsp3) is 0.471. The zero-order chi connectivity index (χ0) is 26.3. The Morgan fingerprint density at radius 2 is 1.13 bits per heavy atom. The first-order valence-corrected chi connectivity index (χ1v) is 14.6. The maximum atomic E-state index is 6.76. The summed E-state index contributed by atoms with van der Waals surface area (Å²) in [6.45, 7) is 2.19. The van der Waals surface area contributed by atoms with Crippen LogP contribution in [0.25, 0.3) is 0 Å². The molecule has 1 heterocycles. The van der Waals surface area contributed by atoms with Crippen LogP contribution in [-0.4, -0.2) is 36.8 Å². The predicted molar refractivity (Wildman–Crippen MR) is 150 cm³/mol. The van der Waals surface area contributed by atoms with Crippen molar-refractivity contribution in [1.82, 2.24) is 0 Å². The molecule has 0 unspecified atom stereocenters. The Kier molecular flexibility index (Phi) is 8.72. The van der Waals surface area contributed by atoms with Crippen molar-refractivity contribution in [1.29, 1.82) is 0 Å². The molecule has 1 saturated heterocycles. The molecule has 0 radical (unpaired) electrons. The van der Waals surface area contributed by atoms with Crippen molar-refractivity contribution in [3.8, 4) is 0 Å². The SMILES string of the molecule is c1ccc(CO[C@H]2[C@H]([C@H]3COC4(CCCCC4)O3)C[C@H](OCc3ccccc3)[C@H]2OCc2ccccc2)cc1. The summed E-state index contributed by atoms with van der Waals surface area (Å²) in [6, 6.07) is 31.1. The van der Waals surface area contributed by atoms with Crippen LogP contribution in [0.3, 0.4) is 0 Å². The first-order chi connectivity index (χ1) is 19.3. The lowest BCUT2D eigenvalue weighted by Gasteiger charge is -2.33. The normalized spacial score (nSPS) is 28.2. The van der Waals surface area contributed by atoms with Gasteiger partial charge in [0.2, 0.25) is 0 Å². The van der Waals surface area contributed by atoms with Gasteiger partial charge in [-0.25, -0.2) is 0 Å². The molecule has 0 aromatic heterocycles. The topological polar surface area (TPSA) is 46.2 Å². The summed E-state index contributed by atoms with van der Waals surface area (Å²) >= 11 is 0. The van der Waals surface area contributed by atoms with Gasteiger partial charge in [0.15, 0.2) is 5.79 Å². The minimum Gasteiger partial charge on any atom is -0.371 e. The summed E-state index contributed by atoms with van der Waals surface area (Å²) in [7, 11) is 0. The van der Waals surface area contributed by atoms with E-state index in [0.29, 0.717) is 26.4 Å². The first kappa shape index (κ1) is 26.7. The second kappa shape index (κ2) is 12.8. The molecule has 5 heteroatoms. The van der Waals surface area contributed by atoms with Crippen LogP contribution in [0.1, 0.15) is 55.2 Å². The van der Waals surface area contributed by atoms with Gasteiger partial charge in [0.1, 0.15) is 6.10 Å². The first-order valence-electron chi connectivity index (χ1n) is 14.6. The van der Waals surface area contributed by atoms with Crippen molar-refractivity contribution in [2.75, 3.05) is 6.61 Å². The minimum atomic E-state index is -0.420. The van der Waals surface area contributed by atoms with Crippen LogP contribution in [0.15, 0.2) is 91.0 Å². The highest BCUT2D eigenvalue weighted by molar-refractivity contribution is 5.16. The molecule has 39 heavy (non-hydrogen) atoms. The molecular weight excluding hydrogens is 488 g/mol. The van der Waals surface area contributed by atoms with Gasteiger partial charge in [-0.15, -0.1) is 0 Å². The van der Waals surface area contributed by atoms with Crippen molar-refractivity contribution in [3.05, 3.63) is 108 Å². The van der Waals surface area contributed by atoms with Gasteiger partial charge >= 0.3 is 0 Å². The van der Waals surface area contributed by atoms with Crippen molar-refractivity contribution in [3.63, 3.8) is 0 Å². The van der Waals surface area contributed by atoms with Gasteiger partial charge in [0.25, 0.3) is 0 Å². The van der Waals surface area contributed by atoms with Gasteiger partial charge in [0, 0.05) is 18.8 Å². The van der Waals surface area contributed by atoms with E-state index < -0.39 is 5.79 Å². The fourth-order valence-electron chi connectivity index (χ4n) is 6.39. The van der Waals surface area contributed by atoms with Gasteiger partial charge in [-0.1, -0.05) is 97.4 Å². The molecule has 0 amide bonds. The standard InChI is InChI=1S/C34H40O5/c1-5-13-26(14-6-1)22-35-30-21-29(31-25-38-34(39-31)19-11-4-12-20-34)32(36-23-27-15-7-2-8-16-27)33(30)37-24-28-17-9-3-10-18-28/h1-3,5-10,13-18,29-33H,4,11-12,19-25H2/t29-,30-,31+,32-,33+/m0/s1. The summed E-state index contributed by atoms with van der Waals surface area (Å²) < 4.78 is 33.2. The lowest BCUT2D eigenvalue weighted by molar-refractivity contribution is -0.197. The molecule has 5 nitrogen and oxygen atoms in total. The lowest BCUT2D eigenvalue weighted by atomic mass is 9.94. The summed E-state index contributed by atoms with van der Waals surface area (Å²) in [5, 5.41) is 0. The van der Waals surface area contributed by atoms with Crippen LogP contribution < -0.4 is 0 Å². The average molecular weight is 529 g/mol. The van der Waals surface area contributed by atoms with Gasteiger partial charge in [-0.05, 0) is 36.0 Å². The molecule has 3 aromatic carbocycles. The Morgan fingerprint density at radius 3 is 1.69 bits per heavy atom. The molecule has 5 atom stereocenters. The molecular formula is C34H40O5. The minimum absolute atomic E-state index is 0.0305. The molecule has 3 aliphatic rings. The van der Waals surface area contributed by atoms with Crippen LogP contribution in [0.2, 0.25) is 0 Å². The van der Waals surface area contributed by atoms with E-state index in [-0.39, 0.29) is 30.3 Å². The lowest BCUT2D eigenvalue weighted by Crippen LogP contribution is -2.41. The smallest absolute Gasteiger partial charge is 0.168 e. The van der Waals surface area contributed by atoms with E-state index >= 15 is 0 Å². The van der Waals surface area contributed by atoms with E-state index in [0.717, 1.165) is 48.8 Å². The summed E-state index contributed by atoms with van der Waals surface area (Å²) in [6.07, 6.45) is 5.85. The molecule has 0 N–H and O–H groups in total. The van der Waals surface area contributed by atoms with Crippen molar-refractivity contribution in [2.45, 2.75) is 88.5 Å². The van der Waals surface area contributed by atoms with Crippen LogP contribution in [0, 0.1) is 5.92 Å². The zero-order valence-electron chi connectivity index (χ0n) is 22.7. The zero-order valence-corrected chi connectivity index (χ0v) is 22.7. The Bertz CT molecular complexity index is 1130. The van der Waals surface area contributed by atoms with Crippen molar-refractivity contribution < 1.29 is 23.7 Å². The Balaban J connectivity index is 1.23. The molecule has 3 aromatic rings. The van der Waals surface area contributed by atoms with E-state index in [9.17, 15) is 0 Å². The molecule has 3 fully saturated rings. The third kappa shape index (κ3) is 6.62. The Hall–Kier alpha value is -2.54. The van der Waals surface area contributed by atoms with Gasteiger partial charge in [0.05, 0.1) is 44.7 Å². The van der Waals surface area contributed by atoms with Crippen LogP contribution >= 0.6 is 0 Å². The van der Waals surface area contributed by atoms with Crippen molar-refractivity contribution in [2.24, 2.45) is 5.92 Å². The number of rotatable bonds is 10. The monoisotopic (exact) mass is 528 g/mol. The Morgan fingerprint density at radius 1 is 0.615 bits per heavy atom. The summed E-state index contributed by atoms with van der Waals surface area (Å²) in [4.78, 5) is 0. The van der Waals surface area contributed by atoms with Gasteiger partial charge in [-0.3, -0.25) is 0 Å². The number of benzene rings is 3. The molecule has 6 rings (SSSR count). The Labute approximate surface area is 232 Å². The molecule has 206 valence electrons. The average Bonchev–Trinajstić information content (AvgIpc) is 3.56. The van der Waals surface area contributed by atoms with Crippen LogP contribution in [0.5, 0.6) is 0 Å². The largest absolute Gasteiger partial charge is 0.371 e. The third-order valence-corrected chi connectivity index (χ3v) is 8.46. The van der Waals surface area contributed by atoms with E-state index in [2.05, 4.69) is 72.8 Å². The summed E-state index contributed by atoms with van der Waals surface area (Å²) in [5.74, 6) is -0.299. The molecule has 2 saturated carbocycles. The second-order valence-corrected chi connectivity index (χ2v) is 11.2. The second-order valence-electron chi connectivity index (χ2n) is 11.2. The number of ether oxygens (including phenoxy) is 5. The fourth-order valence-corrected chi connectivity index (χ4v) is 6.39.